The van der Waals surface area contributed by atoms with Crippen molar-refractivity contribution >= 4 is 21.8 Å². The molecule has 25 heavy (non-hydrogen) atoms. The first-order chi connectivity index (χ1) is 11.9. The summed E-state index contributed by atoms with van der Waals surface area (Å²) in [5, 5.41) is 0. The molecule has 8 nitrogen and oxygen atoms in total. The molecule has 1 aliphatic rings. The summed E-state index contributed by atoms with van der Waals surface area (Å²) in [6.45, 7) is 3.61. The minimum Gasteiger partial charge on any atom is -0.497 e. The molecule has 0 aliphatic carbocycles. The van der Waals surface area contributed by atoms with Crippen LogP contribution in [-0.4, -0.2) is 56.0 Å². The molecule has 1 aromatic heterocycles. The monoisotopic (exact) mass is 363 g/mol. The van der Waals surface area contributed by atoms with Crippen LogP contribution in [0.5, 0.6) is 5.75 Å². The van der Waals surface area contributed by atoms with E-state index in [2.05, 4.69) is 9.97 Å². The van der Waals surface area contributed by atoms with E-state index in [9.17, 15) is 8.42 Å². The molecule has 0 spiro atoms. The molecule has 0 atom stereocenters. The Hall–Kier alpha value is -2.39. The number of sulfonamides is 1. The minimum absolute atomic E-state index is 0.262. The molecule has 0 radical (unpaired) electrons. The van der Waals surface area contributed by atoms with Crippen molar-refractivity contribution in [2.45, 2.75) is 11.8 Å². The molecular formula is C16H21N5O3S. The number of nitrogen functional groups attached to an aromatic ring is 1. The molecule has 2 aromatic rings. The molecule has 1 fully saturated rings. The largest absolute Gasteiger partial charge is 0.497 e. The predicted octanol–water partition coefficient (Wildman–Crippen LogP) is 0.887. The van der Waals surface area contributed by atoms with Gasteiger partial charge in [0.2, 0.25) is 16.0 Å². The van der Waals surface area contributed by atoms with Gasteiger partial charge in [-0.2, -0.15) is 9.29 Å². The predicted molar refractivity (Wildman–Crippen MR) is 95.1 cm³/mol. The van der Waals surface area contributed by atoms with Gasteiger partial charge in [0.15, 0.2) is 0 Å². The van der Waals surface area contributed by atoms with Crippen LogP contribution < -0.4 is 15.4 Å². The van der Waals surface area contributed by atoms with Crippen molar-refractivity contribution in [1.29, 1.82) is 0 Å². The van der Waals surface area contributed by atoms with Crippen molar-refractivity contribution in [3.8, 4) is 5.75 Å². The lowest BCUT2D eigenvalue weighted by Crippen LogP contribution is -2.49. The van der Waals surface area contributed by atoms with Gasteiger partial charge in [-0.25, -0.2) is 13.4 Å². The molecule has 1 saturated heterocycles. The number of aryl methyl sites for hydroxylation is 1. The van der Waals surface area contributed by atoms with Gasteiger partial charge in [-0.1, -0.05) is 0 Å². The van der Waals surface area contributed by atoms with Crippen LogP contribution in [0.25, 0.3) is 0 Å². The number of anilines is 2. The van der Waals surface area contributed by atoms with Gasteiger partial charge >= 0.3 is 0 Å². The van der Waals surface area contributed by atoms with Crippen molar-refractivity contribution in [3.63, 3.8) is 0 Å². The topological polar surface area (TPSA) is 102 Å². The molecule has 2 heterocycles. The van der Waals surface area contributed by atoms with E-state index in [4.69, 9.17) is 10.5 Å². The number of nitrogens with two attached hydrogens (primary N) is 1. The van der Waals surface area contributed by atoms with Gasteiger partial charge in [0, 0.05) is 37.9 Å². The van der Waals surface area contributed by atoms with Crippen LogP contribution in [0, 0.1) is 6.92 Å². The zero-order valence-corrected chi connectivity index (χ0v) is 15.0. The number of ether oxygens (including phenoxy) is 1. The van der Waals surface area contributed by atoms with Crippen LogP contribution >= 0.6 is 0 Å². The normalized spacial score (nSPS) is 16.0. The van der Waals surface area contributed by atoms with E-state index < -0.39 is 10.0 Å². The van der Waals surface area contributed by atoms with Gasteiger partial charge in [0.25, 0.3) is 0 Å². The molecule has 1 aliphatic heterocycles. The van der Waals surface area contributed by atoms with E-state index >= 15 is 0 Å². The van der Waals surface area contributed by atoms with Crippen molar-refractivity contribution < 1.29 is 13.2 Å². The van der Waals surface area contributed by atoms with Crippen molar-refractivity contribution in [2.75, 3.05) is 43.9 Å². The van der Waals surface area contributed by atoms with Gasteiger partial charge in [-0.15, -0.1) is 0 Å². The van der Waals surface area contributed by atoms with E-state index in [0.29, 0.717) is 43.7 Å². The summed E-state index contributed by atoms with van der Waals surface area (Å²) >= 11 is 0. The highest BCUT2D eigenvalue weighted by atomic mass is 32.2. The van der Waals surface area contributed by atoms with Crippen LogP contribution in [0.3, 0.4) is 0 Å². The lowest BCUT2D eigenvalue weighted by atomic mass is 10.3. The van der Waals surface area contributed by atoms with E-state index in [0.717, 1.165) is 5.69 Å². The second-order valence-electron chi connectivity index (χ2n) is 5.80. The standard InChI is InChI=1S/C16H21N5O3S/c1-12-11-15(17)19-16(18-12)20-7-9-21(10-8-20)25(22,23)14-5-3-13(24-2)4-6-14/h3-6,11H,7-10H2,1-2H3,(H2,17,18,19). The number of rotatable bonds is 4. The maximum absolute atomic E-state index is 12.8. The van der Waals surface area contributed by atoms with Crippen LogP contribution in [0.1, 0.15) is 5.69 Å². The Morgan fingerprint density at radius 3 is 2.28 bits per heavy atom. The lowest BCUT2D eigenvalue weighted by molar-refractivity contribution is 0.382. The number of aromatic nitrogens is 2. The molecule has 0 bridgehead atoms. The molecule has 0 amide bonds. The fourth-order valence-electron chi connectivity index (χ4n) is 2.74. The van der Waals surface area contributed by atoms with E-state index in [1.807, 2.05) is 11.8 Å². The van der Waals surface area contributed by atoms with Gasteiger partial charge in [0.1, 0.15) is 11.6 Å². The Labute approximate surface area is 147 Å². The highest BCUT2D eigenvalue weighted by molar-refractivity contribution is 7.89. The summed E-state index contributed by atoms with van der Waals surface area (Å²) in [7, 11) is -1.98. The lowest BCUT2D eigenvalue weighted by Gasteiger charge is -2.34. The smallest absolute Gasteiger partial charge is 0.243 e. The van der Waals surface area contributed by atoms with Crippen molar-refractivity contribution in [2.24, 2.45) is 0 Å². The van der Waals surface area contributed by atoms with Gasteiger partial charge in [-0.3, -0.25) is 0 Å². The summed E-state index contributed by atoms with van der Waals surface area (Å²) in [4.78, 5) is 10.8. The first-order valence-electron chi connectivity index (χ1n) is 7.90. The number of hydrogen-bond acceptors (Lipinski definition) is 7. The second kappa shape index (κ2) is 6.85. The Balaban J connectivity index is 1.72. The van der Waals surface area contributed by atoms with E-state index in [-0.39, 0.29) is 4.90 Å². The highest BCUT2D eigenvalue weighted by Gasteiger charge is 2.29. The summed E-state index contributed by atoms with van der Waals surface area (Å²) in [6, 6.07) is 8.11. The zero-order valence-electron chi connectivity index (χ0n) is 14.2. The molecule has 0 saturated carbocycles. The summed E-state index contributed by atoms with van der Waals surface area (Å²) in [6.07, 6.45) is 0. The third-order valence-corrected chi connectivity index (χ3v) is 5.99. The van der Waals surface area contributed by atoms with Crippen molar-refractivity contribution in [1.82, 2.24) is 14.3 Å². The zero-order chi connectivity index (χ0) is 18.0. The Kier molecular flexibility index (Phi) is 4.78. The molecule has 134 valence electrons. The quantitative estimate of drug-likeness (QED) is 0.860. The van der Waals surface area contributed by atoms with Crippen LogP contribution in [0.15, 0.2) is 35.2 Å². The Morgan fingerprint density at radius 2 is 1.72 bits per heavy atom. The fourth-order valence-corrected chi connectivity index (χ4v) is 4.17. The molecule has 1 aromatic carbocycles. The number of piperazine rings is 1. The first-order valence-corrected chi connectivity index (χ1v) is 9.34. The maximum atomic E-state index is 12.8. The summed E-state index contributed by atoms with van der Waals surface area (Å²) in [5.41, 5.74) is 6.56. The SMILES string of the molecule is COc1ccc(S(=O)(=O)N2CCN(c3nc(C)cc(N)n3)CC2)cc1. The molecule has 9 heteroatoms. The van der Waals surface area contributed by atoms with Crippen LogP contribution in [0.2, 0.25) is 0 Å². The maximum Gasteiger partial charge on any atom is 0.243 e. The fraction of sp³-hybridized carbons (Fsp3) is 0.375. The van der Waals surface area contributed by atoms with E-state index in [1.54, 1.807) is 37.4 Å². The third kappa shape index (κ3) is 3.67. The minimum atomic E-state index is -3.52. The molecule has 0 unspecified atom stereocenters. The van der Waals surface area contributed by atoms with Gasteiger partial charge in [-0.05, 0) is 31.2 Å². The van der Waals surface area contributed by atoms with E-state index in [1.165, 1.54) is 4.31 Å². The second-order valence-corrected chi connectivity index (χ2v) is 7.74. The Morgan fingerprint density at radius 1 is 1.08 bits per heavy atom. The summed E-state index contributed by atoms with van der Waals surface area (Å²) in [5.74, 6) is 1.58. The number of hydrogen-bond donors (Lipinski definition) is 1. The molecule has 3 rings (SSSR count). The first kappa shape index (κ1) is 17.4. The molecular weight excluding hydrogens is 342 g/mol. The van der Waals surface area contributed by atoms with Crippen LogP contribution in [-0.2, 0) is 10.0 Å². The number of methoxy groups -OCH3 is 1. The van der Waals surface area contributed by atoms with Crippen molar-refractivity contribution in [3.05, 3.63) is 36.0 Å². The average molecular weight is 363 g/mol. The van der Waals surface area contributed by atoms with Gasteiger partial charge in [0.05, 0.1) is 12.0 Å². The summed E-state index contributed by atoms with van der Waals surface area (Å²) < 4.78 is 32.1. The highest BCUT2D eigenvalue weighted by Crippen LogP contribution is 2.22. The number of benzene rings is 1. The van der Waals surface area contributed by atoms with Crippen LogP contribution in [0.4, 0.5) is 11.8 Å². The molecule has 2 N–H and O–H groups in total. The van der Waals surface area contributed by atoms with Gasteiger partial charge < -0.3 is 15.4 Å². The Bertz CT molecular complexity index is 826. The average Bonchev–Trinajstić information content (AvgIpc) is 2.61. The number of nitrogens with zero attached hydrogens (tertiary/aromatic N) is 4. The third-order valence-electron chi connectivity index (χ3n) is 4.08.